The standard InChI is InChI=1S/C25H31ClO4/c1-5-14-28-17-22(27)18-30-24-12-8-21(9-13-24)25(3,4)20-6-10-23(11-7-20)29-16-19(2)15-26/h1,6-13,19,22,27H,14-18H2,2-4H3/t19-,22-/m1/s1. The van der Waals surface area contributed by atoms with E-state index >= 15 is 0 Å². The largest absolute Gasteiger partial charge is 0.493 e. The van der Waals surface area contributed by atoms with E-state index in [1.54, 1.807) is 0 Å². The van der Waals surface area contributed by atoms with Crippen molar-refractivity contribution in [1.29, 1.82) is 0 Å². The Morgan fingerprint density at radius 2 is 1.43 bits per heavy atom. The van der Waals surface area contributed by atoms with Crippen molar-refractivity contribution in [3.63, 3.8) is 0 Å². The van der Waals surface area contributed by atoms with E-state index in [1.165, 1.54) is 5.56 Å². The molecule has 0 amide bonds. The van der Waals surface area contributed by atoms with Crippen LogP contribution in [0.4, 0.5) is 0 Å². The third kappa shape index (κ3) is 7.25. The van der Waals surface area contributed by atoms with E-state index in [2.05, 4.69) is 38.8 Å². The number of aliphatic hydroxyl groups excluding tert-OH is 1. The van der Waals surface area contributed by atoms with Gasteiger partial charge in [0.25, 0.3) is 0 Å². The third-order valence-corrected chi connectivity index (χ3v) is 5.41. The van der Waals surface area contributed by atoms with Crippen LogP contribution in [0.1, 0.15) is 31.9 Å². The van der Waals surface area contributed by atoms with Crippen molar-refractivity contribution < 1.29 is 19.3 Å². The number of rotatable bonds is 12. The smallest absolute Gasteiger partial charge is 0.119 e. The molecular weight excluding hydrogens is 400 g/mol. The van der Waals surface area contributed by atoms with Crippen molar-refractivity contribution in [3.05, 3.63) is 59.7 Å². The number of aliphatic hydroxyl groups is 1. The molecule has 0 saturated carbocycles. The number of terminal acetylenes is 1. The topological polar surface area (TPSA) is 47.9 Å². The second kappa shape index (κ2) is 11.9. The Balaban J connectivity index is 1.95. The van der Waals surface area contributed by atoms with Crippen LogP contribution in [-0.4, -0.2) is 43.5 Å². The molecule has 2 aromatic rings. The first-order valence-corrected chi connectivity index (χ1v) is 10.6. The van der Waals surface area contributed by atoms with Gasteiger partial charge in [-0.3, -0.25) is 0 Å². The average molecular weight is 431 g/mol. The molecule has 0 spiro atoms. The van der Waals surface area contributed by atoms with Gasteiger partial charge in [0.2, 0.25) is 0 Å². The Kier molecular flexibility index (Phi) is 9.52. The summed E-state index contributed by atoms with van der Waals surface area (Å²) >= 11 is 5.83. The van der Waals surface area contributed by atoms with E-state index < -0.39 is 6.10 Å². The molecule has 0 bridgehead atoms. The van der Waals surface area contributed by atoms with Gasteiger partial charge in [-0.15, -0.1) is 18.0 Å². The van der Waals surface area contributed by atoms with Gasteiger partial charge in [0, 0.05) is 17.2 Å². The lowest BCUT2D eigenvalue weighted by molar-refractivity contribution is 0.0229. The summed E-state index contributed by atoms with van der Waals surface area (Å²) < 4.78 is 16.5. The number of hydrogen-bond donors (Lipinski definition) is 1. The van der Waals surface area contributed by atoms with Crippen molar-refractivity contribution in [2.24, 2.45) is 5.92 Å². The van der Waals surface area contributed by atoms with Gasteiger partial charge in [0.05, 0.1) is 13.2 Å². The Labute approximate surface area is 185 Å². The lowest BCUT2D eigenvalue weighted by Crippen LogP contribution is -2.23. The first-order valence-electron chi connectivity index (χ1n) is 10.1. The molecule has 0 aliphatic rings. The minimum atomic E-state index is -0.720. The Morgan fingerprint density at radius 1 is 0.933 bits per heavy atom. The Morgan fingerprint density at radius 3 is 1.90 bits per heavy atom. The van der Waals surface area contributed by atoms with E-state index in [0.717, 1.165) is 11.3 Å². The molecule has 2 aromatic carbocycles. The fourth-order valence-electron chi connectivity index (χ4n) is 2.88. The van der Waals surface area contributed by atoms with Crippen LogP contribution in [0.25, 0.3) is 0 Å². The monoisotopic (exact) mass is 430 g/mol. The van der Waals surface area contributed by atoms with E-state index in [0.29, 0.717) is 24.2 Å². The minimum Gasteiger partial charge on any atom is -0.493 e. The molecule has 2 atom stereocenters. The highest BCUT2D eigenvalue weighted by Gasteiger charge is 2.23. The van der Waals surface area contributed by atoms with Crippen molar-refractivity contribution in [1.82, 2.24) is 0 Å². The maximum Gasteiger partial charge on any atom is 0.119 e. The lowest BCUT2D eigenvalue weighted by Gasteiger charge is -2.26. The summed E-state index contributed by atoms with van der Waals surface area (Å²) in [6.07, 6.45) is 4.39. The van der Waals surface area contributed by atoms with Crippen molar-refractivity contribution in [2.45, 2.75) is 32.3 Å². The maximum absolute atomic E-state index is 9.84. The second-order valence-electron chi connectivity index (χ2n) is 7.93. The van der Waals surface area contributed by atoms with Gasteiger partial charge in [-0.25, -0.2) is 0 Å². The molecule has 30 heavy (non-hydrogen) atoms. The zero-order valence-electron chi connectivity index (χ0n) is 17.9. The van der Waals surface area contributed by atoms with Crippen molar-refractivity contribution in [2.75, 3.05) is 32.3 Å². The third-order valence-electron chi connectivity index (χ3n) is 4.89. The predicted octanol–water partition coefficient (Wildman–Crippen LogP) is 4.66. The molecule has 2 rings (SSSR count). The van der Waals surface area contributed by atoms with E-state index in [4.69, 9.17) is 32.2 Å². The first kappa shape index (κ1) is 24.1. The molecule has 0 fully saturated rings. The van der Waals surface area contributed by atoms with E-state index in [9.17, 15) is 5.11 Å². The van der Waals surface area contributed by atoms with Gasteiger partial charge in [-0.2, -0.15) is 0 Å². The minimum absolute atomic E-state index is 0.150. The number of alkyl halides is 1. The van der Waals surface area contributed by atoms with Crippen LogP contribution in [0, 0.1) is 18.3 Å². The van der Waals surface area contributed by atoms with Crippen LogP contribution in [0.15, 0.2) is 48.5 Å². The number of hydrogen-bond acceptors (Lipinski definition) is 4. The fraction of sp³-hybridized carbons (Fsp3) is 0.440. The zero-order valence-corrected chi connectivity index (χ0v) is 18.7. The Bertz CT molecular complexity index is 793. The first-order chi connectivity index (χ1) is 14.4. The van der Waals surface area contributed by atoms with Crippen LogP contribution in [0.5, 0.6) is 11.5 Å². The highest BCUT2D eigenvalue weighted by molar-refractivity contribution is 6.18. The van der Waals surface area contributed by atoms with Crippen molar-refractivity contribution in [3.8, 4) is 23.8 Å². The van der Waals surface area contributed by atoms with Crippen molar-refractivity contribution >= 4 is 11.6 Å². The molecule has 4 nitrogen and oxygen atoms in total. The molecule has 0 aromatic heterocycles. The van der Waals surface area contributed by atoms with Gasteiger partial charge < -0.3 is 19.3 Å². The maximum atomic E-state index is 9.84. The summed E-state index contributed by atoms with van der Waals surface area (Å²) in [6.45, 7) is 7.52. The van der Waals surface area contributed by atoms with Gasteiger partial charge in [-0.1, -0.05) is 51.0 Å². The molecule has 1 N–H and O–H groups in total. The SMILES string of the molecule is C#CCOC[C@@H](O)COc1ccc(C(C)(C)c2ccc(OC[C@H](C)CCl)cc2)cc1. The van der Waals surface area contributed by atoms with Crippen LogP contribution < -0.4 is 9.47 Å². The normalized spacial score (nSPS) is 13.3. The summed E-state index contributed by atoms with van der Waals surface area (Å²) in [5.41, 5.74) is 2.18. The number of benzene rings is 2. The molecule has 0 aliphatic carbocycles. The van der Waals surface area contributed by atoms with E-state index in [-0.39, 0.29) is 25.2 Å². The molecule has 0 heterocycles. The van der Waals surface area contributed by atoms with Crippen LogP contribution in [-0.2, 0) is 10.2 Å². The van der Waals surface area contributed by atoms with Crippen LogP contribution in [0.2, 0.25) is 0 Å². The quantitative estimate of drug-likeness (QED) is 0.302. The highest BCUT2D eigenvalue weighted by atomic mass is 35.5. The zero-order chi connectivity index (χ0) is 22.0. The summed E-state index contributed by atoms with van der Waals surface area (Å²) in [5, 5.41) is 9.84. The molecule has 5 heteroatoms. The Hall–Kier alpha value is -2.19. The summed E-state index contributed by atoms with van der Waals surface area (Å²) in [4.78, 5) is 0. The van der Waals surface area contributed by atoms with Gasteiger partial charge in [-0.05, 0) is 35.4 Å². The van der Waals surface area contributed by atoms with Gasteiger partial charge in [0.1, 0.15) is 30.8 Å². The van der Waals surface area contributed by atoms with Crippen LogP contribution >= 0.6 is 11.6 Å². The molecule has 0 radical (unpaired) electrons. The predicted molar refractivity (Wildman–Crippen MR) is 122 cm³/mol. The van der Waals surface area contributed by atoms with E-state index in [1.807, 2.05) is 36.4 Å². The summed E-state index contributed by atoms with van der Waals surface area (Å²) in [7, 11) is 0. The van der Waals surface area contributed by atoms with Gasteiger partial charge >= 0.3 is 0 Å². The second-order valence-corrected chi connectivity index (χ2v) is 8.24. The fourth-order valence-corrected chi connectivity index (χ4v) is 2.97. The lowest BCUT2D eigenvalue weighted by atomic mass is 9.78. The molecule has 162 valence electrons. The highest BCUT2D eigenvalue weighted by Crippen LogP contribution is 2.33. The summed E-state index contributed by atoms with van der Waals surface area (Å²) in [5.74, 6) is 4.81. The number of ether oxygens (including phenoxy) is 3. The summed E-state index contributed by atoms with van der Waals surface area (Å²) in [6, 6.07) is 16.1. The van der Waals surface area contributed by atoms with Gasteiger partial charge in [0.15, 0.2) is 0 Å². The molecule has 0 saturated heterocycles. The number of halogens is 1. The molecule has 0 aliphatic heterocycles. The molecular formula is C25H31ClO4. The average Bonchev–Trinajstić information content (AvgIpc) is 2.76. The van der Waals surface area contributed by atoms with Crippen LogP contribution in [0.3, 0.4) is 0 Å². The molecule has 0 unspecified atom stereocenters.